The average Bonchev–Trinajstić information content (AvgIpc) is 2.09. The van der Waals surface area contributed by atoms with Crippen LogP contribution in [0.15, 0.2) is 4.99 Å². The van der Waals surface area contributed by atoms with E-state index < -0.39 is 11.6 Å². The molecule has 1 rings (SSSR count). The van der Waals surface area contributed by atoms with Gasteiger partial charge in [-0.05, 0) is 12.8 Å². The number of carbonyl (C=O) groups is 1. The number of aliphatic hydroxyl groups is 1. The minimum absolute atomic E-state index is 0.0790. The molecule has 0 aromatic heterocycles. The zero-order valence-electron chi connectivity index (χ0n) is 8.53. The normalized spacial score (nSPS) is 31.0. The van der Waals surface area contributed by atoms with Crippen LogP contribution >= 0.6 is 0 Å². The van der Waals surface area contributed by atoms with Crippen molar-refractivity contribution in [2.75, 3.05) is 0 Å². The second-order valence-corrected chi connectivity index (χ2v) is 4.05. The maximum Gasteiger partial charge on any atom is 0.186 e. The van der Waals surface area contributed by atoms with Crippen molar-refractivity contribution in [1.29, 1.82) is 0 Å². The van der Waals surface area contributed by atoms with E-state index in [1.165, 1.54) is 0 Å². The number of aliphatic imine (C=N–C) groups is 1. The number of nitrogens with zero attached hydrogens (tertiary/aromatic N) is 1. The predicted molar refractivity (Wildman–Crippen MR) is 53.6 cm³/mol. The molecule has 2 unspecified atom stereocenters. The SMILES string of the molecule is CC(C)C(=O)C1(O)CCC1N=C(N)N. The van der Waals surface area contributed by atoms with Gasteiger partial charge in [0, 0.05) is 5.92 Å². The Bertz CT molecular complexity index is 271. The van der Waals surface area contributed by atoms with Gasteiger partial charge in [-0.1, -0.05) is 13.8 Å². The van der Waals surface area contributed by atoms with Crippen LogP contribution in [0.2, 0.25) is 0 Å². The van der Waals surface area contributed by atoms with Crippen LogP contribution in [-0.2, 0) is 4.79 Å². The lowest BCUT2D eigenvalue weighted by Gasteiger charge is -2.42. The Morgan fingerprint density at radius 3 is 2.43 bits per heavy atom. The third-order valence-electron chi connectivity index (χ3n) is 2.61. The fourth-order valence-electron chi connectivity index (χ4n) is 1.69. The van der Waals surface area contributed by atoms with Crippen LogP contribution in [0, 0.1) is 5.92 Å². The molecular formula is C9H17N3O2. The summed E-state index contributed by atoms with van der Waals surface area (Å²) in [5, 5.41) is 9.99. The van der Waals surface area contributed by atoms with Crippen molar-refractivity contribution in [3.05, 3.63) is 0 Å². The van der Waals surface area contributed by atoms with Crippen LogP contribution < -0.4 is 11.5 Å². The van der Waals surface area contributed by atoms with Gasteiger partial charge in [0.1, 0.15) is 5.60 Å². The van der Waals surface area contributed by atoms with E-state index in [0.717, 1.165) is 0 Å². The fourth-order valence-corrected chi connectivity index (χ4v) is 1.69. The Kier molecular flexibility index (Phi) is 2.80. The van der Waals surface area contributed by atoms with Gasteiger partial charge in [-0.25, -0.2) is 4.99 Å². The monoisotopic (exact) mass is 199 g/mol. The molecule has 0 bridgehead atoms. The summed E-state index contributed by atoms with van der Waals surface area (Å²) in [7, 11) is 0. The minimum atomic E-state index is -1.34. The van der Waals surface area contributed by atoms with E-state index in [9.17, 15) is 9.90 Å². The molecule has 1 fully saturated rings. The van der Waals surface area contributed by atoms with Crippen molar-refractivity contribution in [2.45, 2.75) is 38.3 Å². The minimum Gasteiger partial charge on any atom is -0.380 e. The van der Waals surface area contributed by atoms with Gasteiger partial charge in [-0.2, -0.15) is 0 Å². The van der Waals surface area contributed by atoms with Crippen LogP contribution in [0.4, 0.5) is 0 Å². The van der Waals surface area contributed by atoms with Gasteiger partial charge in [0.15, 0.2) is 11.7 Å². The largest absolute Gasteiger partial charge is 0.380 e. The summed E-state index contributed by atoms with van der Waals surface area (Å²) in [4.78, 5) is 15.5. The van der Waals surface area contributed by atoms with Gasteiger partial charge >= 0.3 is 0 Å². The van der Waals surface area contributed by atoms with Crippen LogP contribution in [-0.4, -0.2) is 28.5 Å². The first-order valence-electron chi connectivity index (χ1n) is 4.73. The van der Waals surface area contributed by atoms with E-state index in [4.69, 9.17) is 11.5 Å². The summed E-state index contributed by atoms with van der Waals surface area (Å²) >= 11 is 0. The number of rotatable bonds is 3. The number of nitrogens with two attached hydrogens (primary N) is 2. The third kappa shape index (κ3) is 1.72. The van der Waals surface area contributed by atoms with Crippen LogP contribution in [0.5, 0.6) is 0 Å². The molecule has 1 aliphatic rings. The van der Waals surface area contributed by atoms with Crippen molar-refractivity contribution >= 4 is 11.7 Å². The van der Waals surface area contributed by atoms with Crippen LogP contribution in [0.3, 0.4) is 0 Å². The lowest BCUT2D eigenvalue weighted by atomic mass is 9.70. The summed E-state index contributed by atoms with van der Waals surface area (Å²) in [6, 6.07) is -0.456. The van der Waals surface area contributed by atoms with Gasteiger partial charge in [0.25, 0.3) is 0 Å². The summed E-state index contributed by atoms with van der Waals surface area (Å²) in [6.07, 6.45) is 1.11. The number of guanidine groups is 1. The van der Waals surface area contributed by atoms with Crippen LogP contribution in [0.25, 0.3) is 0 Å². The molecule has 0 heterocycles. The van der Waals surface area contributed by atoms with Gasteiger partial charge in [-0.15, -0.1) is 0 Å². The highest BCUT2D eigenvalue weighted by Gasteiger charge is 2.51. The number of carbonyl (C=O) groups excluding carboxylic acids is 1. The smallest absolute Gasteiger partial charge is 0.186 e. The molecular weight excluding hydrogens is 182 g/mol. The number of hydrogen-bond acceptors (Lipinski definition) is 3. The molecule has 0 amide bonds. The number of hydrogen-bond donors (Lipinski definition) is 3. The highest BCUT2D eigenvalue weighted by molar-refractivity contribution is 5.91. The standard InChI is InChI=1S/C9H17N3O2/c1-5(2)7(13)9(14)4-3-6(9)12-8(10)11/h5-6,14H,3-4H2,1-2H3,(H4,10,11,12). The summed E-state index contributed by atoms with van der Waals surface area (Å²) < 4.78 is 0. The summed E-state index contributed by atoms with van der Waals surface area (Å²) in [6.45, 7) is 3.51. The third-order valence-corrected chi connectivity index (χ3v) is 2.61. The second kappa shape index (κ2) is 3.57. The Hall–Kier alpha value is -1.10. The first-order chi connectivity index (χ1) is 6.38. The van der Waals surface area contributed by atoms with E-state index in [1.807, 2.05) is 0 Å². The van der Waals surface area contributed by atoms with Gasteiger partial charge in [0.2, 0.25) is 0 Å². The molecule has 14 heavy (non-hydrogen) atoms. The molecule has 0 radical (unpaired) electrons. The van der Waals surface area contributed by atoms with Crippen molar-refractivity contribution in [2.24, 2.45) is 22.4 Å². The zero-order chi connectivity index (χ0) is 10.9. The molecule has 1 saturated carbocycles. The van der Waals surface area contributed by atoms with Crippen molar-refractivity contribution in [1.82, 2.24) is 0 Å². The van der Waals surface area contributed by atoms with Crippen molar-refractivity contribution < 1.29 is 9.90 Å². The number of Topliss-reactive ketones (excluding diaryl/α,β-unsaturated/α-hetero) is 1. The highest BCUT2D eigenvalue weighted by atomic mass is 16.3. The summed E-state index contributed by atoms with van der Waals surface area (Å²) in [5.41, 5.74) is 9.08. The lowest BCUT2D eigenvalue weighted by molar-refractivity contribution is -0.152. The molecule has 0 aromatic carbocycles. The maximum atomic E-state index is 11.6. The van der Waals surface area contributed by atoms with Gasteiger partial charge in [-0.3, -0.25) is 4.79 Å². The molecule has 0 spiro atoms. The van der Waals surface area contributed by atoms with E-state index >= 15 is 0 Å². The Labute approximate surface area is 83.2 Å². The summed E-state index contributed by atoms with van der Waals surface area (Å²) in [5.74, 6) is -0.458. The zero-order valence-corrected chi connectivity index (χ0v) is 8.53. The molecule has 80 valence electrons. The van der Waals surface area contributed by atoms with Crippen molar-refractivity contribution in [3.63, 3.8) is 0 Å². The Balaban J connectivity index is 2.77. The van der Waals surface area contributed by atoms with Gasteiger partial charge in [0.05, 0.1) is 6.04 Å². The maximum absolute atomic E-state index is 11.6. The topological polar surface area (TPSA) is 102 Å². The molecule has 2 atom stereocenters. The van der Waals surface area contributed by atoms with Crippen molar-refractivity contribution in [3.8, 4) is 0 Å². The fraction of sp³-hybridized carbons (Fsp3) is 0.778. The van der Waals surface area contributed by atoms with E-state index in [-0.39, 0.29) is 17.7 Å². The Morgan fingerprint density at radius 2 is 2.14 bits per heavy atom. The first-order valence-corrected chi connectivity index (χ1v) is 4.73. The molecule has 5 nitrogen and oxygen atoms in total. The predicted octanol–water partition coefficient (Wildman–Crippen LogP) is -0.622. The molecule has 0 aromatic rings. The molecule has 0 saturated heterocycles. The van der Waals surface area contributed by atoms with E-state index in [2.05, 4.69) is 4.99 Å². The molecule has 5 heteroatoms. The van der Waals surface area contributed by atoms with E-state index in [1.54, 1.807) is 13.8 Å². The number of ketones is 1. The lowest BCUT2D eigenvalue weighted by Crippen LogP contribution is -2.58. The molecule has 1 aliphatic carbocycles. The quantitative estimate of drug-likeness (QED) is 0.416. The first kappa shape index (κ1) is 11.0. The average molecular weight is 199 g/mol. The second-order valence-electron chi connectivity index (χ2n) is 4.05. The highest BCUT2D eigenvalue weighted by Crippen LogP contribution is 2.37. The van der Waals surface area contributed by atoms with E-state index in [0.29, 0.717) is 12.8 Å². The van der Waals surface area contributed by atoms with Gasteiger partial charge < -0.3 is 16.6 Å². The Morgan fingerprint density at radius 1 is 1.57 bits per heavy atom. The van der Waals surface area contributed by atoms with Crippen LogP contribution in [0.1, 0.15) is 26.7 Å². The molecule has 5 N–H and O–H groups in total. The molecule has 0 aliphatic heterocycles.